The van der Waals surface area contributed by atoms with Gasteiger partial charge in [-0.15, -0.1) is 0 Å². The third-order valence-corrected chi connectivity index (χ3v) is 5.63. The van der Waals surface area contributed by atoms with Crippen LogP contribution in [0, 0.1) is 5.82 Å². The van der Waals surface area contributed by atoms with E-state index in [0.717, 1.165) is 5.56 Å². The van der Waals surface area contributed by atoms with Crippen molar-refractivity contribution in [2.45, 2.75) is 12.8 Å². The number of fused-ring (bicyclic) bond motifs is 1. The van der Waals surface area contributed by atoms with Crippen LogP contribution in [0.15, 0.2) is 48.8 Å². The molecule has 0 saturated carbocycles. The molecule has 0 spiro atoms. The molecule has 0 unspecified atom stereocenters. The summed E-state index contributed by atoms with van der Waals surface area (Å²) in [6, 6.07) is 9.15. The third kappa shape index (κ3) is 4.67. The fourth-order valence-electron chi connectivity index (χ4n) is 3.86. The Bertz CT molecular complexity index is 1250. The van der Waals surface area contributed by atoms with Crippen molar-refractivity contribution in [1.29, 1.82) is 0 Å². The van der Waals surface area contributed by atoms with Gasteiger partial charge >= 0.3 is 0 Å². The fourth-order valence-corrected chi connectivity index (χ4v) is 3.86. The zero-order valence-corrected chi connectivity index (χ0v) is 18.2. The number of carbonyl (C=O) groups is 2. The van der Waals surface area contributed by atoms with Crippen molar-refractivity contribution in [3.05, 3.63) is 65.7 Å². The minimum Gasteiger partial charge on any atom is -0.457 e. The number of pyridine rings is 2. The van der Waals surface area contributed by atoms with Gasteiger partial charge in [0.2, 0.25) is 5.91 Å². The van der Waals surface area contributed by atoms with Crippen LogP contribution in [-0.4, -0.2) is 48.1 Å². The van der Waals surface area contributed by atoms with Gasteiger partial charge in [-0.25, -0.2) is 14.4 Å². The molecule has 2 aromatic heterocycles. The molecule has 34 heavy (non-hydrogen) atoms. The second-order valence-corrected chi connectivity index (χ2v) is 7.88. The number of aromatic nitrogens is 2. The maximum absolute atomic E-state index is 14.8. The van der Waals surface area contributed by atoms with Crippen LogP contribution in [0.3, 0.4) is 0 Å². The molecule has 5 rings (SSSR count). The van der Waals surface area contributed by atoms with Gasteiger partial charge in [0.15, 0.2) is 0 Å². The van der Waals surface area contributed by atoms with Gasteiger partial charge in [-0.2, -0.15) is 0 Å². The maximum atomic E-state index is 14.8. The minimum absolute atomic E-state index is 0.0334. The Kier molecular flexibility index (Phi) is 6.05. The molecular weight excluding hydrogens is 441 g/mol. The van der Waals surface area contributed by atoms with Crippen LogP contribution >= 0.6 is 0 Å². The van der Waals surface area contributed by atoms with Gasteiger partial charge in [0.05, 0.1) is 18.9 Å². The van der Waals surface area contributed by atoms with Crippen molar-refractivity contribution >= 4 is 29.1 Å². The van der Waals surface area contributed by atoms with Gasteiger partial charge in [-0.1, -0.05) is 0 Å². The highest BCUT2D eigenvalue weighted by molar-refractivity contribution is 6.04. The molecule has 0 aliphatic carbocycles. The van der Waals surface area contributed by atoms with E-state index in [2.05, 4.69) is 20.6 Å². The number of nitrogens with zero attached hydrogens (tertiary/aromatic N) is 3. The second kappa shape index (κ2) is 9.44. The highest BCUT2D eigenvalue weighted by atomic mass is 19.1. The monoisotopic (exact) mass is 463 g/mol. The maximum Gasteiger partial charge on any atom is 0.255 e. The lowest BCUT2D eigenvalue weighted by atomic mass is 10.1. The average Bonchev–Trinajstić information content (AvgIpc) is 2.86. The number of hydrogen-bond donors (Lipinski definition) is 2. The molecule has 0 radical (unpaired) electrons. The molecule has 2 aliphatic rings. The molecule has 3 aromatic rings. The molecule has 10 heteroatoms. The van der Waals surface area contributed by atoms with Gasteiger partial charge in [-0.3, -0.25) is 9.59 Å². The Morgan fingerprint density at radius 2 is 1.91 bits per heavy atom. The standard InChI is InChI=1S/C24H22FN5O4/c25-18-14-16(34-20-6-8-27-23-17(20)2-4-22(31)29-23)1-3-19(18)28-24(32)15-5-7-26-21(13-15)30-9-11-33-12-10-30/h1,3,5-8,13-14H,2,4,9-12H2,(H,28,32)(H,27,29,31). The number of ether oxygens (including phenoxy) is 2. The summed E-state index contributed by atoms with van der Waals surface area (Å²) >= 11 is 0. The van der Waals surface area contributed by atoms with Crippen molar-refractivity contribution in [3.8, 4) is 11.5 Å². The minimum atomic E-state index is -0.635. The zero-order chi connectivity index (χ0) is 23.5. The van der Waals surface area contributed by atoms with Crippen LogP contribution in [0.25, 0.3) is 0 Å². The molecular formula is C24H22FN5O4. The summed E-state index contributed by atoms with van der Waals surface area (Å²) in [6.45, 7) is 2.60. The second-order valence-electron chi connectivity index (χ2n) is 7.88. The van der Waals surface area contributed by atoms with Crippen molar-refractivity contribution in [2.24, 2.45) is 0 Å². The Hall–Kier alpha value is -4.05. The Balaban J connectivity index is 1.29. The number of rotatable bonds is 5. The molecule has 1 aromatic carbocycles. The molecule has 0 bridgehead atoms. The summed E-state index contributed by atoms with van der Waals surface area (Å²) in [6.07, 6.45) is 3.89. The summed E-state index contributed by atoms with van der Waals surface area (Å²) in [5.41, 5.74) is 1.17. The number of halogens is 1. The molecule has 2 N–H and O–H groups in total. The first-order chi connectivity index (χ1) is 16.6. The van der Waals surface area contributed by atoms with Crippen LogP contribution in [0.5, 0.6) is 11.5 Å². The van der Waals surface area contributed by atoms with E-state index in [1.807, 2.05) is 4.90 Å². The van der Waals surface area contributed by atoms with Crippen LogP contribution < -0.4 is 20.3 Å². The van der Waals surface area contributed by atoms with Gasteiger partial charge in [0.1, 0.15) is 29.0 Å². The van der Waals surface area contributed by atoms with E-state index in [0.29, 0.717) is 62.1 Å². The Labute approximate surface area is 194 Å². The largest absolute Gasteiger partial charge is 0.457 e. The molecule has 1 saturated heterocycles. The van der Waals surface area contributed by atoms with E-state index < -0.39 is 11.7 Å². The van der Waals surface area contributed by atoms with Crippen LogP contribution in [0.4, 0.5) is 21.7 Å². The van der Waals surface area contributed by atoms with Gasteiger partial charge in [-0.05, 0) is 36.8 Å². The van der Waals surface area contributed by atoms with Crippen LogP contribution in [-0.2, 0) is 16.0 Å². The smallest absolute Gasteiger partial charge is 0.255 e. The average molecular weight is 463 g/mol. The van der Waals surface area contributed by atoms with E-state index >= 15 is 0 Å². The predicted octanol–water partition coefficient (Wildman–Crippen LogP) is 3.38. The highest BCUT2D eigenvalue weighted by Gasteiger charge is 2.21. The van der Waals surface area contributed by atoms with Gasteiger partial charge in [0, 0.05) is 49.1 Å². The first kappa shape index (κ1) is 21.8. The van der Waals surface area contributed by atoms with Crippen molar-refractivity contribution in [3.63, 3.8) is 0 Å². The number of carbonyl (C=O) groups excluding carboxylic acids is 2. The van der Waals surface area contributed by atoms with Crippen molar-refractivity contribution < 1.29 is 23.5 Å². The van der Waals surface area contributed by atoms with E-state index in [1.165, 1.54) is 18.3 Å². The first-order valence-electron chi connectivity index (χ1n) is 10.9. The molecule has 0 atom stereocenters. The lowest BCUT2D eigenvalue weighted by Gasteiger charge is -2.27. The quantitative estimate of drug-likeness (QED) is 0.598. The highest BCUT2D eigenvalue weighted by Crippen LogP contribution is 2.33. The van der Waals surface area contributed by atoms with E-state index in [4.69, 9.17) is 9.47 Å². The third-order valence-electron chi connectivity index (χ3n) is 5.63. The summed E-state index contributed by atoms with van der Waals surface area (Å²) in [4.78, 5) is 34.8. The number of morpholine rings is 1. The van der Waals surface area contributed by atoms with E-state index in [-0.39, 0.29) is 17.3 Å². The number of nitrogens with one attached hydrogen (secondary N) is 2. The SMILES string of the molecule is O=C1CCc2c(Oc3ccc(NC(=O)c4ccnc(N5CCOCC5)c4)c(F)c3)ccnc2N1. The number of benzene rings is 1. The molecule has 1 fully saturated rings. The first-order valence-corrected chi connectivity index (χ1v) is 10.9. The zero-order valence-electron chi connectivity index (χ0n) is 18.2. The normalized spacial score (nSPS) is 15.3. The van der Waals surface area contributed by atoms with E-state index in [9.17, 15) is 14.0 Å². The van der Waals surface area contributed by atoms with Crippen LogP contribution in [0.1, 0.15) is 22.3 Å². The molecule has 2 aliphatic heterocycles. The predicted molar refractivity (Wildman–Crippen MR) is 123 cm³/mol. The number of anilines is 3. The van der Waals surface area contributed by atoms with Crippen molar-refractivity contribution in [2.75, 3.05) is 41.8 Å². The molecule has 174 valence electrons. The fraction of sp³-hybridized carbons (Fsp3) is 0.250. The van der Waals surface area contributed by atoms with E-state index in [1.54, 1.807) is 30.5 Å². The lowest BCUT2D eigenvalue weighted by Crippen LogP contribution is -2.36. The van der Waals surface area contributed by atoms with Gasteiger partial charge < -0.3 is 25.0 Å². The Morgan fingerprint density at radius 3 is 2.74 bits per heavy atom. The van der Waals surface area contributed by atoms with Crippen LogP contribution in [0.2, 0.25) is 0 Å². The summed E-state index contributed by atoms with van der Waals surface area (Å²) in [7, 11) is 0. The molecule has 2 amide bonds. The molecule has 9 nitrogen and oxygen atoms in total. The summed E-state index contributed by atoms with van der Waals surface area (Å²) in [5, 5.41) is 5.31. The summed E-state index contributed by atoms with van der Waals surface area (Å²) in [5.74, 6) is 0.708. The number of hydrogen-bond acceptors (Lipinski definition) is 7. The summed E-state index contributed by atoms with van der Waals surface area (Å²) < 4.78 is 26.0. The lowest BCUT2D eigenvalue weighted by molar-refractivity contribution is -0.116. The topological polar surface area (TPSA) is 106 Å². The molecule has 4 heterocycles. The Morgan fingerprint density at radius 1 is 1.09 bits per heavy atom. The van der Waals surface area contributed by atoms with Gasteiger partial charge in [0.25, 0.3) is 5.91 Å². The number of amides is 2. The van der Waals surface area contributed by atoms with Crippen molar-refractivity contribution in [1.82, 2.24) is 9.97 Å².